The van der Waals surface area contributed by atoms with Crippen LogP contribution in [0.1, 0.15) is 35.1 Å². The van der Waals surface area contributed by atoms with Gasteiger partial charge in [-0.15, -0.1) is 11.3 Å². The highest BCUT2D eigenvalue weighted by molar-refractivity contribution is 7.09. The smallest absolute Gasteiger partial charge is 0.256 e. The quantitative estimate of drug-likeness (QED) is 0.712. The molecule has 0 aliphatic carbocycles. The van der Waals surface area contributed by atoms with Gasteiger partial charge < -0.3 is 9.47 Å². The van der Waals surface area contributed by atoms with Gasteiger partial charge in [-0.2, -0.15) is 0 Å². The minimum Gasteiger partial charge on any atom is -0.350 e. The van der Waals surface area contributed by atoms with E-state index in [1.54, 1.807) is 11.3 Å². The molecule has 2 aromatic heterocycles. The summed E-state index contributed by atoms with van der Waals surface area (Å²) in [5.74, 6) is 0.146. The van der Waals surface area contributed by atoms with Gasteiger partial charge >= 0.3 is 0 Å². The van der Waals surface area contributed by atoms with E-state index in [0.717, 1.165) is 42.4 Å². The summed E-state index contributed by atoms with van der Waals surface area (Å²) < 4.78 is 2.03. The number of para-hydroxylation sites is 1. The molecule has 0 unspecified atom stereocenters. The van der Waals surface area contributed by atoms with Crippen molar-refractivity contribution in [2.24, 2.45) is 7.05 Å². The number of benzene rings is 1. The second-order valence-electron chi connectivity index (χ2n) is 6.86. The molecule has 1 aromatic carbocycles. The van der Waals surface area contributed by atoms with Crippen molar-refractivity contribution in [1.82, 2.24) is 14.5 Å². The van der Waals surface area contributed by atoms with Crippen molar-refractivity contribution in [2.45, 2.75) is 25.2 Å². The number of likely N-dealkylation sites (tertiary alicyclic amines) is 1. The molecule has 1 fully saturated rings. The first kappa shape index (κ1) is 15.4. The van der Waals surface area contributed by atoms with Gasteiger partial charge in [-0.1, -0.05) is 25.1 Å². The third-order valence-electron chi connectivity index (χ3n) is 5.23. The monoisotopic (exact) mass is 339 g/mol. The molecule has 1 aliphatic rings. The van der Waals surface area contributed by atoms with E-state index in [2.05, 4.69) is 18.0 Å². The normalized spacial score (nSPS) is 17.3. The molecule has 1 amide bonds. The largest absolute Gasteiger partial charge is 0.350 e. The lowest BCUT2D eigenvalue weighted by Gasteiger charge is -2.38. The van der Waals surface area contributed by atoms with Gasteiger partial charge in [-0.05, 0) is 18.9 Å². The van der Waals surface area contributed by atoms with E-state index in [4.69, 9.17) is 0 Å². The van der Waals surface area contributed by atoms with Crippen LogP contribution < -0.4 is 0 Å². The molecule has 4 rings (SSSR count). The molecule has 4 nitrogen and oxygen atoms in total. The minimum absolute atomic E-state index is 0.101. The van der Waals surface area contributed by atoms with Crippen LogP contribution in [0.25, 0.3) is 10.9 Å². The summed E-state index contributed by atoms with van der Waals surface area (Å²) in [7, 11) is 1.99. The maximum absolute atomic E-state index is 13.0. The van der Waals surface area contributed by atoms with Crippen LogP contribution in [0.4, 0.5) is 0 Å². The number of carbonyl (C=O) groups is 1. The number of aryl methyl sites for hydroxylation is 1. The third-order valence-corrected chi connectivity index (χ3v) is 6.31. The zero-order valence-corrected chi connectivity index (χ0v) is 14.8. The summed E-state index contributed by atoms with van der Waals surface area (Å²) in [5, 5.41) is 4.27. The number of amides is 1. The molecule has 1 aliphatic heterocycles. The molecule has 0 spiro atoms. The summed E-state index contributed by atoms with van der Waals surface area (Å²) >= 11 is 1.72. The Labute approximate surface area is 145 Å². The van der Waals surface area contributed by atoms with Crippen molar-refractivity contribution < 1.29 is 4.79 Å². The number of hydrogen-bond donors (Lipinski definition) is 0. The standard InChI is InChI=1S/C19H21N3OS/c1-19(18-20-9-12-24-18)7-10-22(11-8-19)17(23)15-13-21(2)16-6-4-3-5-14(15)16/h3-6,9,12-13H,7-8,10-11H2,1-2H3. The Kier molecular flexibility index (Phi) is 3.68. The molecular weight excluding hydrogens is 318 g/mol. The van der Waals surface area contributed by atoms with Crippen molar-refractivity contribution in [2.75, 3.05) is 13.1 Å². The van der Waals surface area contributed by atoms with Crippen LogP contribution in [0.2, 0.25) is 0 Å². The first-order valence-electron chi connectivity index (χ1n) is 8.32. The van der Waals surface area contributed by atoms with E-state index >= 15 is 0 Å². The maximum atomic E-state index is 13.0. The average Bonchev–Trinajstić information content (AvgIpc) is 3.25. The lowest BCUT2D eigenvalue weighted by atomic mass is 9.81. The van der Waals surface area contributed by atoms with Gasteiger partial charge in [0.2, 0.25) is 0 Å². The van der Waals surface area contributed by atoms with Gasteiger partial charge in [-0.25, -0.2) is 4.98 Å². The molecule has 0 N–H and O–H groups in total. The molecule has 0 bridgehead atoms. The Morgan fingerprint density at radius 1 is 1.25 bits per heavy atom. The van der Waals surface area contributed by atoms with E-state index in [-0.39, 0.29) is 11.3 Å². The van der Waals surface area contributed by atoms with E-state index in [0.29, 0.717) is 0 Å². The number of aromatic nitrogens is 2. The van der Waals surface area contributed by atoms with Gasteiger partial charge in [0.25, 0.3) is 5.91 Å². The number of hydrogen-bond acceptors (Lipinski definition) is 3. The van der Waals surface area contributed by atoms with Crippen molar-refractivity contribution in [3.05, 3.63) is 52.6 Å². The Morgan fingerprint density at radius 3 is 2.71 bits per heavy atom. The molecule has 0 saturated carbocycles. The van der Waals surface area contributed by atoms with E-state index in [1.165, 1.54) is 5.01 Å². The number of rotatable bonds is 2. The highest BCUT2D eigenvalue weighted by atomic mass is 32.1. The molecule has 0 radical (unpaired) electrons. The summed E-state index contributed by atoms with van der Waals surface area (Å²) in [6.45, 7) is 3.85. The van der Waals surface area contributed by atoms with Gasteiger partial charge in [-0.3, -0.25) is 4.79 Å². The number of piperidine rings is 1. The van der Waals surface area contributed by atoms with Gasteiger partial charge in [0.15, 0.2) is 0 Å². The predicted molar refractivity (Wildman–Crippen MR) is 97.5 cm³/mol. The molecule has 3 heterocycles. The number of nitrogens with zero attached hydrogens (tertiary/aromatic N) is 3. The van der Waals surface area contributed by atoms with Crippen LogP contribution in [-0.2, 0) is 12.5 Å². The second kappa shape index (κ2) is 5.74. The zero-order chi connectivity index (χ0) is 16.7. The Balaban J connectivity index is 1.56. The van der Waals surface area contributed by atoms with Crippen molar-refractivity contribution >= 4 is 28.1 Å². The lowest BCUT2D eigenvalue weighted by Crippen LogP contribution is -2.43. The van der Waals surface area contributed by atoms with Crippen molar-refractivity contribution in [1.29, 1.82) is 0 Å². The number of fused-ring (bicyclic) bond motifs is 1. The summed E-state index contributed by atoms with van der Waals surface area (Å²) in [4.78, 5) is 19.5. The van der Waals surface area contributed by atoms with Crippen LogP contribution >= 0.6 is 11.3 Å². The fourth-order valence-electron chi connectivity index (χ4n) is 3.62. The molecule has 24 heavy (non-hydrogen) atoms. The number of thiazole rings is 1. The summed E-state index contributed by atoms with van der Waals surface area (Å²) in [5.41, 5.74) is 2.01. The molecule has 0 atom stereocenters. The van der Waals surface area contributed by atoms with E-state index < -0.39 is 0 Å². The van der Waals surface area contributed by atoms with Gasteiger partial charge in [0, 0.05) is 54.2 Å². The van der Waals surface area contributed by atoms with E-state index in [9.17, 15) is 4.79 Å². The fourth-order valence-corrected chi connectivity index (χ4v) is 4.48. The topological polar surface area (TPSA) is 38.1 Å². The molecule has 1 saturated heterocycles. The van der Waals surface area contributed by atoms with Crippen LogP contribution in [0.3, 0.4) is 0 Å². The van der Waals surface area contributed by atoms with Crippen molar-refractivity contribution in [3.8, 4) is 0 Å². The number of carbonyl (C=O) groups excluding carboxylic acids is 1. The van der Waals surface area contributed by atoms with E-state index in [1.807, 2.05) is 52.5 Å². The van der Waals surface area contributed by atoms with Crippen LogP contribution in [0.5, 0.6) is 0 Å². The Hall–Kier alpha value is -2.14. The molecule has 3 aromatic rings. The highest BCUT2D eigenvalue weighted by Gasteiger charge is 2.35. The van der Waals surface area contributed by atoms with Crippen LogP contribution in [-0.4, -0.2) is 33.4 Å². The Morgan fingerprint density at radius 2 is 2.00 bits per heavy atom. The second-order valence-corrected chi connectivity index (χ2v) is 7.76. The first-order valence-corrected chi connectivity index (χ1v) is 9.20. The first-order chi connectivity index (χ1) is 11.6. The average molecular weight is 339 g/mol. The molecule has 5 heteroatoms. The zero-order valence-electron chi connectivity index (χ0n) is 14.0. The van der Waals surface area contributed by atoms with Crippen molar-refractivity contribution in [3.63, 3.8) is 0 Å². The summed E-state index contributed by atoms with van der Waals surface area (Å²) in [6, 6.07) is 8.10. The van der Waals surface area contributed by atoms with Crippen LogP contribution in [0, 0.1) is 0 Å². The predicted octanol–water partition coefficient (Wildman–Crippen LogP) is 3.83. The summed E-state index contributed by atoms with van der Waals surface area (Å²) in [6.07, 6.45) is 5.77. The molecule has 124 valence electrons. The minimum atomic E-state index is 0.101. The van der Waals surface area contributed by atoms with Gasteiger partial charge in [0.1, 0.15) is 0 Å². The van der Waals surface area contributed by atoms with Gasteiger partial charge in [0.05, 0.1) is 10.6 Å². The fraction of sp³-hybridized carbons (Fsp3) is 0.368. The third kappa shape index (κ3) is 2.44. The maximum Gasteiger partial charge on any atom is 0.256 e. The van der Waals surface area contributed by atoms with Crippen LogP contribution in [0.15, 0.2) is 42.0 Å². The Bertz CT molecular complexity index is 873. The SMILES string of the molecule is Cn1cc(C(=O)N2CCC(C)(c3nccs3)CC2)c2ccccc21. The molecular formula is C19H21N3OS. The lowest BCUT2D eigenvalue weighted by molar-refractivity contribution is 0.0677. The highest BCUT2D eigenvalue weighted by Crippen LogP contribution is 2.36.